The first-order valence-corrected chi connectivity index (χ1v) is 22.6. The van der Waals surface area contributed by atoms with Gasteiger partial charge in [-0.3, -0.25) is 0 Å². The minimum absolute atomic E-state index is 0. The van der Waals surface area contributed by atoms with Crippen molar-refractivity contribution in [3.63, 3.8) is 0 Å². The second kappa shape index (κ2) is 22.2. The SMILES string of the molecule is Cl.Cl.[Zr].[c-]1cccc2c1Cc1ccccc1-2.[c-]1cccc2c1Cc1ccccc1-2.[c-]1cccc2c1Cc1ccccc1-2.[c-]1cccc2c1Cc1ccccc1-2.[c-]1cccc2c1Cc1ccccc1-2. The van der Waals surface area contributed by atoms with E-state index in [2.05, 4.69) is 212 Å². The topological polar surface area (TPSA) is 0 Å². The molecule has 5 aliphatic carbocycles. The third-order valence-corrected chi connectivity index (χ3v) is 13.1. The summed E-state index contributed by atoms with van der Waals surface area (Å²) in [5.41, 5.74) is 27.6. The summed E-state index contributed by atoms with van der Waals surface area (Å²) < 4.78 is 0. The summed E-state index contributed by atoms with van der Waals surface area (Å²) in [6.07, 6.45) is 5.24. The molecule has 0 spiro atoms. The van der Waals surface area contributed by atoms with Crippen LogP contribution in [0, 0.1) is 30.3 Å². The predicted molar refractivity (Wildman–Crippen MR) is 282 cm³/mol. The number of hydrogen-bond donors (Lipinski definition) is 0. The van der Waals surface area contributed by atoms with E-state index < -0.39 is 0 Å². The molecule has 0 aliphatic heterocycles. The van der Waals surface area contributed by atoms with Crippen molar-refractivity contribution in [2.75, 3.05) is 0 Å². The maximum Gasteiger partial charge on any atom is 0 e. The molecule has 5 aliphatic rings. The molecule has 10 aromatic rings. The smallest absolute Gasteiger partial charge is 0 e. The summed E-state index contributed by atoms with van der Waals surface area (Å²) in [4.78, 5) is 0. The summed E-state index contributed by atoms with van der Waals surface area (Å²) in [7, 11) is 0. The Morgan fingerprint density at radius 1 is 0.206 bits per heavy atom. The van der Waals surface area contributed by atoms with Crippen molar-refractivity contribution in [1.82, 2.24) is 0 Å². The first-order chi connectivity index (χ1) is 32.2. The van der Waals surface area contributed by atoms with Gasteiger partial charge in [0.05, 0.1) is 0 Å². The van der Waals surface area contributed by atoms with Gasteiger partial charge >= 0.3 is 0 Å². The van der Waals surface area contributed by atoms with Gasteiger partial charge < -0.3 is 0 Å². The van der Waals surface area contributed by atoms with Gasteiger partial charge in [0.25, 0.3) is 0 Å². The van der Waals surface area contributed by atoms with Gasteiger partial charge in [-0.1, -0.05) is 177 Å². The van der Waals surface area contributed by atoms with E-state index in [0.717, 1.165) is 32.1 Å². The van der Waals surface area contributed by atoms with E-state index in [9.17, 15) is 0 Å². The Kier molecular flexibility index (Phi) is 15.7. The van der Waals surface area contributed by atoms with Gasteiger partial charge in [0.1, 0.15) is 0 Å². The molecule has 68 heavy (non-hydrogen) atoms. The molecule has 0 N–H and O–H groups in total. The second-order valence-corrected chi connectivity index (χ2v) is 17.0. The van der Waals surface area contributed by atoms with Gasteiger partial charge in [0.2, 0.25) is 0 Å². The van der Waals surface area contributed by atoms with Gasteiger partial charge in [-0.15, -0.1) is 52.6 Å². The van der Waals surface area contributed by atoms with Gasteiger partial charge in [-0.25, -0.2) is 0 Å². The van der Waals surface area contributed by atoms with E-state index in [4.69, 9.17) is 0 Å². The van der Waals surface area contributed by atoms with Gasteiger partial charge in [0, 0.05) is 26.2 Å². The van der Waals surface area contributed by atoms with Crippen LogP contribution < -0.4 is 0 Å². The molecule has 10 aromatic carbocycles. The van der Waals surface area contributed by atoms with Crippen LogP contribution in [0.2, 0.25) is 0 Å². The van der Waals surface area contributed by atoms with Gasteiger partial charge in [-0.2, -0.15) is 149 Å². The van der Waals surface area contributed by atoms with Crippen LogP contribution in [0.5, 0.6) is 0 Å². The van der Waals surface area contributed by atoms with Crippen LogP contribution in [0.15, 0.2) is 212 Å². The average Bonchev–Trinajstić information content (AvgIpc) is 4.21. The van der Waals surface area contributed by atoms with Gasteiger partial charge in [0.15, 0.2) is 0 Å². The summed E-state index contributed by atoms with van der Waals surface area (Å²) in [5.74, 6) is 0. The van der Waals surface area contributed by atoms with E-state index in [0.29, 0.717) is 0 Å². The van der Waals surface area contributed by atoms with Crippen molar-refractivity contribution in [3.8, 4) is 55.6 Å². The molecule has 0 saturated heterocycles. The molecule has 0 heterocycles. The van der Waals surface area contributed by atoms with Crippen LogP contribution in [0.4, 0.5) is 0 Å². The standard InChI is InChI=1S/5C13H9.2ClH.Zr/c5*1-3-7-12-10(5-1)9-11-6-2-4-8-13(11)12;;;/h5*1-5,7-8H,9H2;2*1H;/q5*-1;;;. The van der Waals surface area contributed by atoms with Crippen molar-refractivity contribution in [3.05, 3.63) is 298 Å². The predicted octanol–water partition coefficient (Wildman–Crippen LogP) is 16.1. The number of rotatable bonds is 0. The van der Waals surface area contributed by atoms with Crippen LogP contribution in [-0.4, -0.2) is 0 Å². The molecule has 0 bridgehead atoms. The summed E-state index contributed by atoms with van der Waals surface area (Å²) >= 11 is 0. The average molecular weight is 990 g/mol. The molecule has 0 atom stereocenters. The molecule has 0 unspecified atom stereocenters. The molecule has 0 saturated carbocycles. The Morgan fingerprint density at radius 3 is 0.559 bits per heavy atom. The molecule has 330 valence electrons. The minimum Gasteiger partial charge on any atom is -0.179 e. The number of hydrogen-bond acceptors (Lipinski definition) is 0. The quantitative estimate of drug-likeness (QED) is 0.133. The Balaban J connectivity index is 0.000000114. The maximum absolute atomic E-state index is 3.30. The molecule has 3 heteroatoms. The van der Waals surface area contributed by atoms with E-state index in [-0.39, 0.29) is 51.0 Å². The number of benzene rings is 10. The Morgan fingerprint density at radius 2 is 0.368 bits per heavy atom. The fourth-order valence-corrected chi connectivity index (χ4v) is 9.99. The summed E-state index contributed by atoms with van der Waals surface area (Å²) in [6.45, 7) is 0. The first-order valence-electron chi connectivity index (χ1n) is 22.6. The van der Waals surface area contributed by atoms with Crippen LogP contribution >= 0.6 is 24.8 Å². The van der Waals surface area contributed by atoms with Crippen molar-refractivity contribution in [2.24, 2.45) is 0 Å². The maximum atomic E-state index is 3.30. The van der Waals surface area contributed by atoms with E-state index in [1.165, 1.54) is 111 Å². The van der Waals surface area contributed by atoms with Crippen molar-refractivity contribution in [1.29, 1.82) is 0 Å². The van der Waals surface area contributed by atoms with E-state index in [1.54, 1.807) is 0 Å². The molecular weight excluding hydrogens is 943 g/mol. The Hall–Kier alpha value is -6.34. The zero-order valence-electron chi connectivity index (χ0n) is 37.6. The number of halogens is 2. The largest absolute Gasteiger partial charge is 0.179 e. The molecule has 0 nitrogen and oxygen atoms in total. The molecule has 0 fully saturated rings. The number of fused-ring (bicyclic) bond motifs is 15. The second-order valence-electron chi connectivity index (χ2n) is 17.0. The third-order valence-electron chi connectivity index (χ3n) is 13.1. The van der Waals surface area contributed by atoms with E-state index >= 15 is 0 Å². The monoisotopic (exact) mass is 987 g/mol. The molecular formula is C65H47Cl2Zr-5. The Bertz CT molecular complexity index is 2600. The molecule has 0 amide bonds. The minimum atomic E-state index is 0. The normalized spacial score (nSPS) is 11.8. The van der Waals surface area contributed by atoms with Crippen LogP contribution in [-0.2, 0) is 58.3 Å². The molecule has 0 aromatic heterocycles. The summed E-state index contributed by atoms with van der Waals surface area (Å²) in [6, 6.07) is 90.5. The zero-order chi connectivity index (χ0) is 43.4. The molecule has 15 rings (SSSR count). The van der Waals surface area contributed by atoms with Crippen molar-refractivity contribution in [2.45, 2.75) is 32.1 Å². The van der Waals surface area contributed by atoms with Crippen LogP contribution in [0.1, 0.15) is 55.6 Å². The van der Waals surface area contributed by atoms with Gasteiger partial charge in [-0.05, 0) is 32.1 Å². The third kappa shape index (κ3) is 9.95. The Labute approximate surface area is 433 Å². The van der Waals surface area contributed by atoms with Crippen molar-refractivity contribution >= 4 is 24.8 Å². The fourth-order valence-electron chi connectivity index (χ4n) is 9.99. The van der Waals surface area contributed by atoms with Crippen LogP contribution in [0.3, 0.4) is 0 Å². The summed E-state index contributed by atoms with van der Waals surface area (Å²) in [5, 5.41) is 0. The fraction of sp³-hybridized carbons (Fsp3) is 0.0769. The van der Waals surface area contributed by atoms with Crippen molar-refractivity contribution < 1.29 is 26.2 Å². The molecule has 0 radical (unpaired) electrons. The first kappa shape index (κ1) is 48.1. The van der Waals surface area contributed by atoms with E-state index in [1.807, 2.05) is 30.3 Å². The zero-order valence-corrected chi connectivity index (χ0v) is 41.7. The van der Waals surface area contributed by atoms with Crippen LogP contribution in [0.25, 0.3) is 55.6 Å².